The number of para-hydroxylation sites is 3. The average Bonchev–Trinajstić information content (AvgIpc) is 3.14. The fourth-order valence-electron chi connectivity index (χ4n) is 3.45. The minimum absolute atomic E-state index is 0.0716. The summed E-state index contributed by atoms with van der Waals surface area (Å²) in [5.74, 6) is -1.12. The lowest BCUT2D eigenvalue weighted by atomic mass is 10.1. The van der Waals surface area contributed by atoms with Crippen molar-refractivity contribution >= 4 is 51.8 Å². The van der Waals surface area contributed by atoms with Gasteiger partial charge in [-0.05, 0) is 43.3 Å². The Morgan fingerprint density at radius 2 is 1.62 bits per heavy atom. The quantitative estimate of drug-likeness (QED) is 0.487. The smallest absolute Gasteiger partial charge is 0.340 e. The van der Waals surface area contributed by atoms with Gasteiger partial charge in [-0.15, -0.1) is 0 Å². The zero-order chi connectivity index (χ0) is 23.9. The molecule has 4 rings (SSSR count). The van der Waals surface area contributed by atoms with Crippen molar-refractivity contribution in [3.8, 4) is 0 Å². The molecule has 1 atom stereocenters. The molecule has 0 saturated carbocycles. The van der Waals surface area contributed by atoms with Gasteiger partial charge in [-0.25, -0.2) is 9.79 Å². The average molecular weight is 474 g/mol. The van der Waals surface area contributed by atoms with Crippen LogP contribution in [0.15, 0.2) is 89.9 Å². The minimum atomic E-state index is -0.655. The Labute approximate surface area is 201 Å². The van der Waals surface area contributed by atoms with Gasteiger partial charge in [-0.1, -0.05) is 60.3 Å². The summed E-state index contributed by atoms with van der Waals surface area (Å²) in [6, 6.07) is 25.2. The number of ether oxygens (including phenoxy) is 1. The largest absolute Gasteiger partial charge is 0.462 e. The van der Waals surface area contributed by atoms with Gasteiger partial charge in [0.2, 0.25) is 11.8 Å². The van der Waals surface area contributed by atoms with Crippen LogP contribution in [0.25, 0.3) is 0 Å². The van der Waals surface area contributed by atoms with E-state index in [-0.39, 0.29) is 30.4 Å². The summed E-state index contributed by atoms with van der Waals surface area (Å²) >= 11 is 1.25. The van der Waals surface area contributed by atoms with Crippen molar-refractivity contribution in [2.45, 2.75) is 18.6 Å². The number of hydrogen-bond acceptors (Lipinski definition) is 6. The van der Waals surface area contributed by atoms with Crippen LogP contribution in [-0.4, -0.2) is 34.8 Å². The molecule has 0 aromatic heterocycles. The van der Waals surface area contributed by atoms with Gasteiger partial charge in [-0.3, -0.25) is 14.5 Å². The Kier molecular flexibility index (Phi) is 7.39. The maximum absolute atomic E-state index is 13.3. The molecule has 0 aliphatic carbocycles. The van der Waals surface area contributed by atoms with Gasteiger partial charge < -0.3 is 10.1 Å². The highest BCUT2D eigenvalue weighted by atomic mass is 32.2. The maximum atomic E-state index is 13.3. The van der Waals surface area contributed by atoms with Crippen molar-refractivity contribution in [3.63, 3.8) is 0 Å². The highest BCUT2D eigenvalue weighted by Crippen LogP contribution is 2.35. The molecule has 34 heavy (non-hydrogen) atoms. The third-order valence-corrected chi connectivity index (χ3v) is 6.13. The van der Waals surface area contributed by atoms with Crippen LogP contribution in [0.2, 0.25) is 0 Å². The molecule has 1 saturated heterocycles. The molecule has 0 bridgehead atoms. The zero-order valence-electron chi connectivity index (χ0n) is 18.5. The third kappa shape index (κ3) is 5.35. The van der Waals surface area contributed by atoms with Crippen molar-refractivity contribution < 1.29 is 19.1 Å². The predicted octanol–water partition coefficient (Wildman–Crippen LogP) is 5.03. The van der Waals surface area contributed by atoms with Crippen LogP contribution < -0.4 is 10.2 Å². The first-order valence-electron chi connectivity index (χ1n) is 10.8. The highest BCUT2D eigenvalue weighted by Gasteiger charge is 2.40. The van der Waals surface area contributed by atoms with E-state index in [9.17, 15) is 14.4 Å². The van der Waals surface area contributed by atoms with Crippen LogP contribution in [0.4, 0.5) is 17.1 Å². The van der Waals surface area contributed by atoms with Crippen LogP contribution >= 0.6 is 11.8 Å². The number of hydrogen-bond donors (Lipinski definition) is 1. The van der Waals surface area contributed by atoms with Gasteiger partial charge in [0.15, 0.2) is 5.17 Å². The van der Waals surface area contributed by atoms with E-state index in [0.717, 1.165) is 0 Å². The molecule has 8 heteroatoms. The molecule has 1 N–H and O–H groups in total. The Morgan fingerprint density at radius 3 is 2.32 bits per heavy atom. The Bertz CT molecular complexity index is 1210. The van der Waals surface area contributed by atoms with Crippen LogP contribution in [0.3, 0.4) is 0 Å². The topological polar surface area (TPSA) is 88.1 Å². The molecule has 0 spiro atoms. The predicted molar refractivity (Wildman–Crippen MR) is 134 cm³/mol. The summed E-state index contributed by atoms with van der Waals surface area (Å²) in [6.45, 7) is 1.95. The Morgan fingerprint density at radius 1 is 0.971 bits per heavy atom. The number of aliphatic imine (C=N–C) groups is 1. The number of amides is 2. The summed E-state index contributed by atoms with van der Waals surface area (Å²) in [5, 5.41) is 2.60. The number of thioether (sulfide) groups is 1. The number of carbonyl (C=O) groups is 3. The zero-order valence-corrected chi connectivity index (χ0v) is 19.3. The first-order valence-corrected chi connectivity index (χ1v) is 11.7. The molecule has 0 unspecified atom stereocenters. The fraction of sp³-hybridized carbons (Fsp3) is 0.154. The van der Waals surface area contributed by atoms with Gasteiger partial charge >= 0.3 is 5.97 Å². The highest BCUT2D eigenvalue weighted by molar-refractivity contribution is 8.16. The number of esters is 1. The molecule has 1 aliphatic rings. The van der Waals surface area contributed by atoms with Gasteiger partial charge in [0.25, 0.3) is 0 Å². The first-order chi connectivity index (χ1) is 16.6. The van der Waals surface area contributed by atoms with E-state index in [0.29, 0.717) is 22.2 Å². The summed E-state index contributed by atoms with van der Waals surface area (Å²) < 4.78 is 5.06. The maximum Gasteiger partial charge on any atom is 0.340 e. The normalized spacial score (nSPS) is 16.5. The molecule has 1 fully saturated rings. The van der Waals surface area contributed by atoms with E-state index < -0.39 is 11.2 Å². The summed E-state index contributed by atoms with van der Waals surface area (Å²) in [4.78, 5) is 44.6. The Hall–Kier alpha value is -3.91. The molecule has 3 aromatic rings. The van der Waals surface area contributed by atoms with E-state index in [1.54, 1.807) is 36.1 Å². The van der Waals surface area contributed by atoms with Crippen LogP contribution in [0.1, 0.15) is 23.7 Å². The molecular weight excluding hydrogens is 450 g/mol. The van der Waals surface area contributed by atoms with Crippen LogP contribution in [0.5, 0.6) is 0 Å². The van der Waals surface area contributed by atoms with Crippen molar-refractivity contribution in [1.29, 1.82) is 0 Å². The van der Waals surface area contributed by atoms with Crippen LogP contribution in [0, 0.1) is 0 Å². The second-order valence-corrected chi connectivity index (χ2v) is 8.53. The SMILES string of the molecule is CCOC(=O)c1ccccc1NC(=O)C[C@@H]1SC(=Nc2ccccc2)N(c2ccccc2)C1=O. The summed E-state index contributed by atoms with van der Waals surface area (Å²) in [6.07, 6.45) is -0.0716. The van der Waals surface area contributed by atoms with E-state index in [4.69, 9.17) is 4.74 Å². The Balaban J connectivity index is 1.55. The lowest BCUT2D eigenvalue weighted by Gasteiger charge is -2.16. The van der Waals surface area contributed by atoms with Crippen molar-refractivity contribution in [2.24, 2.45) is 4.99 Å². The first kappa shape index (κ1) is 23.3. The molecular formula is C26H23N3O4S. The fourth-order valence-corrected chi connectivity index (χ4v) is 4.60. The summed E-state index contributed by atoms with van der Waals surface area (Å²) in [5.41, 5.74) is 2.01. The molecule has 7 nitrogen and oxygen atoms in total. The molecule has 172 valence electrons. The third-order valence-electron chi connectivity index (χ3n) is 5.00. The second-order valence-electron chi connectivity index (χ2n) is 7.36. The number of benzene rings is 3. The van der Waals surface area contributed by atoms with Gasteiger partial charge in [-0.2, -0.15) is 0 Å². The van der Waals surface area contributed by atoms with Crippen molar-refractivity contribution in [1.82, 2.24) is 0 Å². The molecule has 0 radical (unpaired) electrons. The second kappa shape index (κ2) is 10.8. The summed E-state index contributed by atoms with van der Waals surface area (Å²) in [7, 11) is 0. The van der Waals surface area contributed by atoms with Crippen molar-refractivity contribution in [3.05, 3.63) is 90.5 Å². The molecule has 3 aromatic carbocycles. The van der Waals surface area contributed by atoms with E-state index in [1.165, 1.54) is 11.8 Å². The van der Waals surface area contributed by atoms with E-state index in [1.807, 2.05) is 60.7 Å². The van der Waals surface area contributed by atoms with Gasteiger partial charge in [0.05, 0.1) is 29.2 Å². The number of amidine groups is 1. The van der Waals surface area contributed by atoms with Crippen molar-refractivity contribution in [2.75, 3.05) is 16.8 Å². The van der Waals surface area contributed by atoms with Crippen LogP contribution in [-0.2, 0) is 14.3 Å². The number of nitrogens with zero attached hydrogens (tertiary/aromatic N) is 2. The lowest BCUT2D eigenvalue weighted by Crippen LogP contribution is -2.33. The number of rotatable bonds is 7. The number of anilines is 2. The number of carbonyl (C=O) groups excluding carboxylic acids is 3. The molecule has 1 heterocycles. The molecule has 2 amide bonds. The number of nitrogens with one attached hydrogen (secondary N) is 1. The lowest BCUT2D eigenvalue weighted by molar-refractivity contribution is -0.121. The van der Waals surface area contributed by atoms with E-state index >= 15 is 0 Å². The minimum Gasteiger partial charge on any atom is -0.462 e. The van der Waals surface area contributed by atoms with E-state index in [2.05, 4.69) is 10.3 Å². The monoisotopic (exact) mass is 473 g/mol. The molecule has 1 aliphatic heterocycles. The van der Waals surface area contributed by atoms with Gasteiger partial charge in [0, 0.05) is 6.42 Å². The standard InChI is InChI=1S/C26H23N3O4S/c1-2-33-25(32)20-15-9-10-16-21(20)28-23(30)17-22-24(31)29(19-13-7-4-8-14-19)26(34-22)27-18-11-5-3-6-12-18/h3-16,22H,2,17H2,1H3,(H,28,30)/t22-/m0/s1. The van der Waals surface area contributed by atoms with Gasteiger partial charge in [0.1, 0.15) is 5.25 Å².